The van der Waals surface area contributed by atoms with E-state index in [0.29, 0.717) is 0 Å². The molecule has 0 aliphatic carbocycles. The molecule has 0 spiro atoms. The highest BCUT2D eigenvalue weighted by Crippen LogP contribution is 2.33. The molecule has 2 N–H and O–H groups in total. The summed E-state index contributed by atoms with van der Waals surface area (Å²) >= 11 is 1.86. The molecule has 2 aromatic rings. The molecule has 2 nitrogen and oxygen atoms in total. The second kappa shape index (κ2) is 6.73. The van der Waals surface area contributed by atoms with Crippen LogP contribution in [0.4, 0.5) is 0 Å². The minimum absolute atomic E-state index is 0.0870. The van der Waals surface area contributed by atoms with Gasteiger partial charge in [0.15, 0.2) is 0 Å². The fraction of sp³-hybridized carbons (Fsp3) is 0.312. The molecule has 0 bridgehead atoms. The first kappa shape index (κ1) is 14.1. The topological polar surface area (TPSA) is 38.9 Å². The fourth-order valence-corrected chi connectivity index (χ4v) is 3.30. The van der Waals surface area contributed by atoms with E-state index in [0.717, 1.165) is 11.4 Å². The lowest BCUT2D eigenvalue weighted by Gasteiger charge is -2.20. The largest absolute Gasteiger partial charge is 0.327 e. The van der Waals surface area contributed by atoms with Gasteiger partial charge in [0.1, 0.15) is 0 Å². The van der Waals surface area contributed by atoms with E-state index < -0.39 is 0 Å². The average Bonchev–Trinajstić information content (AvgIpc) is 2.42. The van der Waals surface area contributed by atoms with Gasteiger partial charge in [0.25, 0.3) is 0 Å². The number of benzene rings is 1. The molecular weight excluding hydrogens is 252 g/mol. The number of nitrogens with two attached hydrogens (primary N) is 1. The van der Waals surface area contributed by atoms with Gasteiger partial charge >= 0.3 is 0 Å². The van der Waals surface area contributed by atoms with Crippen LogP contribution in [0.2, 0.25) is 0 Å². The molecule has 0 saturated carbocycles. The van der Waals surface area contributed by atoms with E-state index in [4.69, 9.17) is 5.73 Å². The number of nitrogens with zero attached hydrogens (tertiary/aromatic N) is 1. The summed E-state index contributed by atoms with van der Waals surface area (Å²) in [4.78, 5) is 4.43. The lowest BCUT2D eigenvalue weighted by Crippen LogP contribution is -2.23. The highest BCUT2D eigenvalue weighted by molar-refractivity contribution is 7.98. The first-order valence-corrected chi connectivity index (χ1v) is 7.56. The van der Waals surface area contributed by atoms with Crippen molar-refractivity contribution in [1.82, 2.24) is 4.98 Å². The van der Waals surface area contributed by atoms with Crippen LogP contribution in [0.15, 0.2) is 48.7 Å². The van der Waals surface area contributed by atoms with Crippen molar-refractivity contribution in [1.29, 1.82) is 0 Å². The van der Waals surface area contributed by atoms with Crippen LogP contribution in [0.5, 0.6) is 0 Å². The van der Waals surface area contributed by atoms with E-state index in [1.165, 1.54) is 11.1 Å². The van der Waals surface area contributed by atoms with Crippen LogP contribution in [-0.2, 0) is 5.75 Å². The van der Waals surface area contributed by atoms with Gasteiger partial charge in [-0.05, 0) is 37.1 Å². The first-order chi connectivity index (χ1) is 9.18. The summed E-state index contributed by atoms with van der Waals surface area (Å²) in [5, 5.41) is 0.237. The normalized spacial score (nSPS) is 14.1. The maximum absolute atomic E-state index is 6.11. The minimum Gasteiger partial charge on any atom is -0.327 e. The third kappa shape index (κ3) is 3.82. The number of hydrogen-bond acceptors (Lipinski definition) is 3. The Balaban J connectivity index is 2.09. The molecular formula is C16H20N2S. The molecule has 1 aromatic heterocycles. The van der Waals surface area contributed by atoms with Gasteiger partial charge in [-0.25, -0.2) is 0 Å². The van der Waals surface area contributed by atoms with E-state index in [2.05, 4.69) is 42.2 Å². The van der Waals surface area contributed by atoms with Gasteiger partial charge in [-0.15, -0.1) is 11.8 Å². The van der Waals surface area contributed by atoms with E-state index in [9.17, 15) is 0 Å². The molecule has 1 aromatic carbocycles. The van der Waals surface area contributed by atoms with Crippen molar-refractivity contribution in [2.24, 2.45) is 5.73 Å². The maximum atomic E-state index is 6.11. The Kier molecular flexibility index (Phi) is 5.00. The van der Waals surface area contributed by atoms with Crippen molar-refractivity contribution in [3.63, 3.8) is 0 Å². The van der Waals surface area contributed by atoms with Gasteiger partial charge < -0.3 is 5.73 Å². The van der Waals surface area contributed by atoms with Crippen molar-refractivity contribution in [3.05, 3.63) is 65.5 Å². The van der Waals surface area contributed by atoms with Crippen LogP contribution in [0.25, 0.3) is 0 Å². The molecule has 0 amide bonds. The van der Waals surface area contributed by atoms with Crippen molar-refractivity contribution in [2.75, 3.05) is 0 Å². The van der Waals surface area contributed by atoms with Crippen molar-refractivity contribution in [3.8, 4) is 0 Å². The second-order valence-electron chi connectivity index (χ2n) is 4.77. The van der Waals surface area contributed by atoms with E-state index in [1.54, 1.807) is 0 Å². The lowest BCUT2D eigenvalue weighted by atomic mass is 10.1. The van der Waals surface area contributed by atoms with Gasteiger partial charge in [-0.1, -0.05) is 30.3 Å². The summed E-state index contributed by atoms with van der Waals surface area (Å²) in [7, 11) is 0. The van der Waals surface area contributed by atoms with Gasteiger partial charge in [0.05, 0.1) is 10.9 Å². The van der Waals surface area contributed by atoms with Crippen LogP contribution in [-0.4, -0.2) is 11.0 Å². The molecule has 3 heteroatoms. The Morgan fingerprint density at radius 1 is 1.16 bits per heavy atom. The van der Waals surface area contributed by atoms with Gasteiger partial charge in [-0.3, -0.25) is 4.98 Å². The zero-order valence-electron chi connectivity index (χ0n) is 11.4. The van der Waals surface area contributed by atoms with Gasteiger partial charge in [0, 0.05) is 18.0 Å². The molecule has 0 aliphatic rings. The van der Waals surface area contributed by atoms with Crippen LogP contribution in [0, 0.1) is 6.92 Å². The Morgan fingerprint density at radius 2 is 1.89 bits per heavy atom. The number of thioether (sulfide) groups is 1. The summed E-state index contributed by atoms with van der Waals surface area (Å²) in [6.45, 7) is 4.20. The zero-order valence-corrected chi connectivity index (χ0v) is 12.2. The molecule has 0 saturated heterocycles. The van der Waals surface area contributed by atoms with Gasteiger partial charge in [-0.2, -0.15) is 0 Å². The number of pyridine rings is 1. The third-order valence-electron chi connectivity index (χ3n) is 3.14. The number of aromatic nitrogens is 1. The highest BCUT2D eigenvalue weighted by Gasteiger charge is 2.18. The van der Waals surface area contributed by atoms with Crippen molar-refractivity contribution in [2.45, 2.75) is 30.9 Å². The van der Waals surface area contributed by atoms with Crippen LogP contribution < -0.4 is 5.73 Å². The molecule has 1 heterocycles. The third-order valence-corrected chi connectivity index (χ3v) is 4.64. The monoisotopic (exact) mass is 272 g/mol. The summed E-state index contributed by atoms with van der Waals surface area (Å²) in [6.07, 6.45) is 1.83. The summed E-state index contributed by atoms with van der Waals surface area (Å²) in [5.74, 6) is 0.968. The second-order valence-corrected chi connectivity index (χ2v) is 5.90. The zero-order chi connectivity index (χ0) is 13.7. The molecule has 0 fully saturated rings. The summed E-state index contributed by atoms with van der Waals surface area (Å²) in [5.41, 5.74) is 9.88. The van der Waals surface area contributed by atoms with E-state index >= 15 is 0 Å². The maximum Gasteiger partial charge on any atom is 0.0621 e. The predicted molar refractivity (Wildman–Crippen MR) is 83.1 cm³/mol. The molecule has 2 atom stereocenters. The summed E-state index contributed by atoms with van der Waals surface area (Å²) < 4.78 is 0. The van der Waals surface area contributed by atoms with Crippen LogP contribution >= 0.6 is 11.8 Å². The molecule has 2 unspecified atom stereocenters. The van der Waals surface area contributed by atoms with Gasteiger partial charge in [0.2, 0.25) is 0 Å². The van der Waals surface area contributed by atoms with Crippen LogP contribution in [0.1, 0.15) is 29.0 Å². The van der Waals surface area contributed by atoms with Crippen molar-refractivity contribution >= 4 is 11.8 Å². The quantitative estimate of drug-likeness (QED) is 0.901. The van der Waals surface area contributed by atoms with E-state index in [1.807, 2.05) is 37.0 Å². The Bertz CT molecular complexity index is 511. The number of aryl methyl sites for hydroxylation is 1. The predicted octanol–water partition coefficient (Wildman–Crippen LogP) is 3.71. The molecule has 19 heavy (non-hydrogen) atoms. The summed E-state index contributed by atoms with van der Waals surface area (Å²) in [6, 6.07) is 14.6. The number of hydrogen-bond donors (Lipinski definition) is 1. The lowest BCUT2D eigenvalue weighted by molar-refractivity contribution is 0.705. The molecule has 0 radical (unpaired) electrons. The number of rotatable bonds is 5. The Morgan fingerprint density at radius 3 is 2.53 bits per heavy atom. The first-order valence-electron chi connectivity index (χ1n) is 6.51. The SMILES string of the molecule is Cc1ccccc1CSC(c1ccccn1)C(C)N. The average molecular weight is 272 g/mol. The van der Waals surface area contributed by atoms with E-state index in [-0.39, 0.29) is 11.3 Å². The molecule has 0 aliphatic heterocycles. The Hall–Kier alpha value is -1.32. The molecule has 100 valence electrons. The minimum atomic E-state index is 0.0870. The van der Waals surface area contributed by atoms with Crippen LogP contribution in [0.3, 0.4) is 0 Å². The molecule has 2 rings (SSSR count). The smallest absolute Gasteiger partial charge is 0.0621 e. The highest BCUT2D eigenvalue weighted by atomic mass is 32.2. The standard InChI is InChI=1S/C16H20N2S/c1-12-7-3-4-8-14(12)11-19-16(13(2)17)15-9-5-6-10-18-15/h3-10,13,16H,11,17H2,1-2H3. The Labute approximate surface area is 119 Å². The van der Waals surface area contributed by atoms with Crippen molar-refractivity contribution < 1.29 is 0 Å². The fourth-order valence-electron chi connectivity index (χ4n) is 2.00.